The second-order valence-corrected chi connectivity index (χ2v) is 3.46. The van der Waals surface area contributed by atoms with Crippen molar-refractivity contribution < 1.29 is 9.53 Å². The molecule has 0 spiro atoms. The molecule has 1 atom stereocenters. The van der Waals surface area contributed by atoms with Crippen LogP contribution in [0.3, 0.4) is 0 Å². The van der Waals surface area contributed by atoms with Crippen LogP contribution in [0.1, 0.15) is 26.2 Å². The molecule has 0 aromatic carbocycles. The summed E-state index contributed by atoms with van der Waals surface area (Å²) in [6.07, 6.45) is 3.36. The molecule has 13 heavy (non-hydrogen) atoms. The molecular formula is C9H18N2O2. The summed E-state index contributed by atoms with van der Waals surface area (Å²) < 4.78 is 5.35. The number of hydrogen-bond acceptors (Lipinski definition) is 4. The summed E-state index contributed by atoms with van der Waals surface area (Å²) in [5.41, 5.74) is 5.32. The van der Waals surface area contributed by atoms with Crippen molar-refractivity contribution in [3.05, 3.63) is 0 Å². The van der Waals surface area contributed by atoms with Gasteiger partial charge in [-0.15, -0.1) is 0 Å². The molecule has 1 saturated heterocycles. The van der Waals surface area contributed by atoms with Crippen LogP contribution in [0, 0.1) is 0 Å². The number of nitrogens with two attached hydrogens (primary N) is 1. The average Bonchev–Trinajstić information content (AvgIpc) is 2.08. The van der Waals surface area contributed by atoms with Crippen molar-refractivity contribution in [1.82, 2.24) is 4.90 Å². The van der Waals surface area contributed by atoms with Gasteiger partial charge in [-0.25, -0.2) is 0 Å². The second kappa shape index (κ2) is 5.32. The third-order valence-electron chi connectivity index (χ3n) is 2.27. The summed E-state index contributed by atoms with van der Waals surface area (Å²) in [4.78, 5) is 13.0. The van der Waals surface area contributed by atoms with Gasteiger partial charge in [0, 0.05) is 6.54 Å². The van der Waals surface area contributed by atoms with Gasteiger partial charge in [-0.05, 0) is 26.2 Å². The van der Waals surface area contributed by atoms with Crippen LogP contribution in [0.15, 0.2) is 0 Å². The number of ketones is 1. The van der Waals surface area contributed by atoms with Crippen LogP contribution in [0.2, 0.25) is 0 Å². The zero-order valence-corrected chi connectivity index (χ0v) is 8.16. The third-order valence-corrected chi connectivity index (χ3v) is 2.27. The molecule has 1 fully saturated rings. The monoisotopic (exact) mass is 186 g/mol. The fraction of sp³-hybridized carbons (Fsp3) is 0.889. The molecular weight excluding hydrogens is 168 g/mol. The van der Waals surface area contributed by atoms with Crippen molar-refractivity contribution in [1.29, 1.82) is 0 Å². The zero-order chi connectivity index (χ0) is 9.68. The molecule has 76 valence electrons. The van der Waals surface area contributed by atoms with Crippen molar-refractivity contribution in [3.8, 4) is 0 Å². The van der Waals surface area contributed by atoms with E-state index in [9.17, 15) is 4.79 Å². The van der Waals surface area contributed by atoms with Gasteiger partial charge in [-0.3, -0.25) is 9.69 Å². The first-order valence-electron chi connectivity index (χ1n) is 4.79. The van der Waals surface area contributed by atoms with Crippen molar-refractivity contribution in [2.24, 2.45) is 5.73 Å². The van der Waals surface area contributed by atoms with E-state index >= 15 is 0 Å². The lowest BCUT2D eigenvalue weighted by atomic mass is 10.1. The average molecular weight is 186 g/mol. The van der Waals surface area contributed by atoms with Crippen LogP contribution in [0.25, 0.3) is 0 Å². The van der Waals surface area contributed by atoms with Crippen LogP contribution < -0.4 is 5.73 Å². The van der Waals surface area contributed by atoms with Gasteiger partial charge in [0.1, 0.15) is 12.0 Å². The molecule has 0 unspecified atom stereocenters. The molecule has 0 saturated carbocycles. The fourth-order valence-corrected chi connectivity index (χ4v) is 1.73. The molecule has 1 heterocycles. The maximum Gasteiger partial charge on any atom is 0.143 e. The van der Waals surface area contributed by atoms with Gasteiger partial charge >= 0.3 is 0 Å². The highest BCUT2D eigenvalue weighted by Gasteiger charge is 2.23. The smallest absolute Gasteiger partial charge is 0.143 e. The number of hydrogen-bond donors (Lipinski definition) is 1. The van der Waals surface area contributed by atoms with E-state index in [0.717, 1.165) is 19.4 Å². The van der Waals surface area contributed by atoms with Gasteiger partial charge in [0.2, 0.25) is 0 Å². The van der Waals surface area contributed by atoms with E-state index in [0.29, 0.717) is 6.54 Å². The molecule has 0 aromatic rings. The van der Waals surface area contributed by atoms with Gasteiger partial charge < -0.3 is 10.5 Å². The van der Waals surface area contributed by atoms with E-state index < -0.39 is 0 Å². The summed E-state index contributed by atoms with van der Waals surface area (Å²) in [5, 5.41) is 0. The maximum atomic E-state index is 10.9. The summed E-state index contributed by atoms with van der Waals surface area (Å²) in [5.74, 6) is 0.188. The summed E-state index contributed by atoms with van der Waals surface area (Å²) >= 11 is 0. The van der Waals surface area contributed by atoms with Gasteiger partial charge in [0.25, 0.3) is 0 Å². The quantitative estimate of drug-likeness (QED) is 0.642. The minimum absolute atomic E-state index is 0.0580. The molecule has 0 aromatic heterocycles. The van der Waals surface area contributed by atoms with Crippen LogP contribution in [-0.4, -0.2) is 36.7 Å². The first-order chi connectivity index (χ1) is 6.24. The number of likely N-dealkylation sites (tertiary alicyclic amines) is 1. The predicted molar refractivity (Wildman–Crippen MR) is 50.0 cm³/mol. The van der Waals surface area contributed by atoms with E-state index in [1.807, 2.05) is 0 Å². The normalized spacial score (nSPS) is 24.6. The lowest BCUT2D eigenvalue weighted by Gasteiger charge is -2.34. The Labute approximate surface area is 79.0 Å². The Balaban J connectivity index is 2.41. The molecule has 1 aliphatic rings. The molecule has 4 nitrogen and oxygen atoms in total. The fourth-order valence-electron chi connectivity index (χ4n) is 1.73. The topological polar surface area (TPSA) is 55.6 Å². The van der Waals surface area contributed by atoms with E-state index in [-0.39, 0.29) is 18.7 Å². The van der Waals surface area contributed by atoms with Crippen LogP contribution >= 0.6 is 0 Å². The lowest BCUT2D eigenvalue weighted by Crippen LogP contribution is -2.44. The van der Waals surface area contributed by atoms with Crippen LogP contribution in [0.5, 0.6) is 0 Å². The van der Waals surface area contributed by atoms with Crippen LogP contribution in [0.4, 0.5) is 0 Å². The van der Waals surface area contributed by atoms with E-state index in [2.05, 4.69) is 4.90 Å². The Morgan fingerprint density at radius 1 is 1.62 bits per heavy atom. The first kappa shape index (κ1) is 10.6. The molecule has 1 rings (SSSR count). The minimum atomic E-state index is 0.0580. The maximum absolute atomic E-state index is 10.9. The second-order valence-electron chi connectivity index (χ2n) is 3.46. The number of nitrogens with zero attached hydrogens (tertiary/aromatic N) is 1. The number of carbonyl (C=O) groups excluding carboxylic acids is 1. The first-order valence-corrected chi connectivity index (χ1v) is 4.79. The largest absolute Gasteiger partial charge is 0.348 e. The Morgan fingerprint density at radius 2 is 2.38 bits per heavy atom. The molecule has 1 aliphatic heterocycles. The van der Waals surface area contributed by atoms with Crippen LogP contribution in [-0.2, 0) is 9.53 Å². The number of ether oxygens (including phenoxy) is 1. The predicted octanol–water partition coefficient (Wildman–Crippen LogP) is 0.320. The highest BCUT2D eigenvalue weighted by atomic mass is 16.5. The Kier molecular flexibility index (Phi) is 4.35. The highest BCUT2D eigenvalue weighted by molar-refractivity contribution is 5.77. The van der Waals surface area contributed by atoms with Crippen molar-refractivity contribution in [2.75, 3.05) is 19.8 Å². The van der Waals surface area contributed by atoms with Gasteiger partial charge in [0.05, 0.1) is 13.3 Å². The van der Waals surface area contributed by atoms with Gasteiger partial charge in [-0.2, -0.15) is 0 Å². The molecule has 0 aliphatic carbocycles. The Morgan fingerprint density at radius 3 is 3.00 bits per heavy atom. The number of Topliss-reactive ketones (excluding diaryl/α,β-unsaturated/α-hetero) is 1. The molecule has 0 radical (unpaired) electrons. The van der Waals surface area contributed by atoms with Gasteiger partial charge in [0.15, 0.2) is 0 Å². The third kappa shape index (κ3) is 3.42. The molecule has 2 N–H and O–H groups in total. The van der Waals surface area contributed by atoms with Crippen molar-refractivity contribution >= 4 is 5.78 Å². The van der Waals surface area contributed by atoms with E-state index in [1.54, 1.807) is 6.92 Å². The molecule has 4 heteroatoms. The SMILES string of the molecule is CC(=O)CN1CCCC[C@@H]1OCN. The van der Waals surface area contributed by atoms with Crippen molar-refractivity contribution in [2.45, 2.75) is 32.4 Å². The summed E-state index contributed by atoms with van der Waals surface area (Å²) in [7, 11) is 0. The standard InChI is InChI=1S/C9H18N2O2/c1-8(12)6-11-5-3-2-4-9(11)13-7-10/h9H,2-7,10H2,1H3/t9-/m0/s1. The van der Waals surface area contributed by atoms with E-state index in [4.69, 9.17) is 10.5 Å². The Bertz CT molecular complexity index is 171. The summed E-state index contributed by atoms with van der Waals surface area (Å²) in [6.45, 7) is 3.28. The zero-order valence-electron chi connectivity index (χ0n) is 8.16. The number of piperidine rings is 1. The number of rotatable bonds is 4. The van der Waals surface area contributed by atoms with Gasteiger partial charge in [-0.1, -0.05) is 0 Å². The minimum Gasteiger partial charge on any atom is -0.348 e. The Hall–Kier alpha value is -0.450. The lowest BCUT2D eigenvalue weighted by molar-refractivity contribution is -0.126. The number of carbonyl (C=O) groups is 1. The van der Waals surface area contributed by atoms with E-state index in [1.165, 1.54) is 6.42 Å². The highest BCUT2D eigenvalue weighted by Crippen LogP contribution is 2.16. The molecule has 0 amide bonds. The van der Waals surface area contributed by atoms with Crippen molar-refractivity contribution in [3.63, 3.8) is 0 Å². The summed E-state index contributed by atoms with van der Waals surface area (Å²) in [6, 6.07) is 0. The molecule has 0 bridgehead atoms.